The van der Waals surface area contributed by atoms with Gasteiger partial charge in [0.25, 0.3) is 0 Å². The molecule has 1 aromatic rings. The van der Waals surface area contributed by atoms with E-state index in [9.17, 15) is 9.59 Å². The van der Waals surface area contributed by atoms with Crippen LogP contribution < -0.4 is 5.73 Å². The Labute approximate surface area is 106 Å². The summed E-state index contributed by atoms with van der Waals surface area (Å²) in [5, 5.41) is 17.5. The Hall–Kier alpha value is -1.18. The van der Waals surface area contributed by atoms with Crippen LogP contribution in [0.4, 0.5) is 0 Å². The Morgan fingerprint density at radius 2 is 1.94 bits per heavy atom. The minimum Gasteiger partial charge on any atom is -0.480 e. The number of benzene rings is 1. The van der Waals surface area contributed by atoms with Crippen LogP contribution >= 0.6 is 21.6 Å². The summed E-state index contributed by atoms with van der Waals surface area (Å²) in [5.74, 6) is -1.85. The molecule has 0 radical (unpaired) electrons. The maximum atomic E-state index is 10.9. The highest BCUT2D eigenvalue weighted by Crippen LogP contribution is 2.33. The van der Waals surface area contributed by atoms with Crippen molar-refractivity contribution in [2.24, 2.45) is 5.73 Å². The zero-order valence-corrected chi connectivity index (χ0v) is 10.3. The van der Waals surface area contributed by atoms with Crippen LogP contribution in [0, 0.1) is 0 Å². The van der Waals surface area contributed by atoms with E-state index >= 15 is 0 Å². The third-order valence-corrected chi connectivity index (χ3v) is 4.28. The van der Waals surface area contributed by atoms with Crippen LogP contribution in [-0.2, 0) is 4.79 Å². The minimum absolute atomic E-state index is 0.203. The highest BCUT2D eigenvalue weighted by atomic mass is 33.1. The van der Waals surface area contributed by atoms with Gasteiger partial charge in [0.1, 0.15) is 6.04 Å². The average Bonchev–Trinajstić information content (AvgIpc) is 2.29. The predicted octanol–water partition coefficient (Wildman–Crippen LogP) is 1.54. The summed E-state index contributed by atoms with van der Waals surface area (Å²) < 4.78 is 0. The van der Waals surface area contributed by atoms with Crippen molar-refractivity contribution in [1.82, 2.24) is 0 Å². The third kappa shape index (κ3) is 4.29. The van der Waals surface area contributed by atoms with Crippen molar-refractivity contribution in [3.8, 4) is 0 Å². The fourth-order valence-electron chi connectivity index (χ4n) is 0.958. The lowest BCUT2D eigenvalue weighted by Gasteiger charge is -2.07. The van der Waals surface area contributed by atoms with E-state index in [1.807, 2.05) is 0 Å². The van der Waals surface area contributed by atoms with Gasteiger partial charge in [-0.15, -0.1) is 0 Å². The summed E-state index contributed by atoms with van der Waals surface area (Å²) >= 11 is 0. The molecular formula is C10H11NO4S2. The van der Waals surface area contributed by atoms with Crippen molar-refractivity contribution in [3.05, 3.63) is 29.8 Å². The van der Waals surface area contributed by atoms with Crippen molar-refractivity contribution in [2.45, 2.75) is 10.9 Å². The molecule has 0 amide bonds. The van der Waals surface area contributed by atoms with Gasteiger partial charge >= 0.3 is 11.9 Å². The molecule has 0 aromatic heterocycles. The normalized spacial score (nSPS) is 12.1. The van der Waals surface area contributed by atoms with Gasteiger partial charge in [0, 0.05) is 10.6 Å². The SMILES string of the molecule is NC(CSSc1ccccc1C(=O)O)C(=O)O. The molecule has 7 heteroatoms. The largest absolute Gasteiger partial charge is 0.480 e. The second-order valence-corrected chi connectivity index (χ2v) is 5.50. The first kappa shape index (κ1) is 13.9. The van der Waals surface area contributed by atoms with Gasteiger partial charge in [-0.3, -0.25) is 4.79 Å². The summed E-state index contributed by atoms with van der Waals surface area (Å²) in [5.41, 5.74) is 5.53. The highest BCUT2D eigenvalue weighted by molar-refractivity contribution is 8.76. The second kappa shape index (κ2) is 6.53. The smallest absolute Gasteiger partial charge is 0.336 e. The van der Waals surface area contributed by atoms with E-state index in [4.69, 9.17) is 15.9 Å². The standard InChI is InChI=1S/C10H11NO4S2/c11-7(10(14)15)5-16-17-8-4-2-1-3-6(8)9(12)13/h1-4,7H,5,11H2,(H,12,13)(H,14,15). The molecule has 0 aliphatic rings. The van der Waals surface area contributed by atoms with E-state index in [0.29, 0.717) is 4.90 Å². The summed E-state index contributed by atoms with van der Waals surface area (Å²) in [6.45, 7) is 0. The van der Waals surface area contributed by atoms with Crippen LogP contribution in [0.15, 0.2) is 29.2 Å². The lowest BCUT2D eigenvalue weighted by molar-refractivity contribution is -0.137. The number of hydrogen-bond donors (Lipinski definition) is 3. The van der Waals surface area contributed by atoms with Crippen LogP contribution in [0.2, 0.25) is 0 Å². The monoisotopic (exact) mass is 273 g/mol. The zero-order chi connectivity index (χ0) is 12.8. The molecule has 17 heavy (non-hydrogen) atoms. The fourth-order valence-corrected chi connectivity index (χ4v) is 3.28. The molecule has 92 valence electrons. The molecule has 0 heterocycles. The molecule has 0 fully saturated rings. The molecule has 1 atom stereocenters. The van der Waals surface area contributed by atoms with Crippen LogP contribution in [0.3, 0.4) is 0 Å². The lowest BCUT2D eigenvalue weighted by atomic mass is 10.2. The third-order valence-electron chi connectivity index (χ3n) is 1.83. The maximum Gasteiger partial charge on any atom is 0.336 e. The average molecular weight is 273 g/mol. The van der Waals surface area contributed by atoms with Crippen molar-refractivity contribution in [2.75, 3.05) is 5.75 Å². The number of carbonyl (C=O) groups is 2. The number of carboxylic acids is 2. The van der Waals surface area contributed by atoms with E-state index < -0.39 is 18.0 Å². The quantitative estimate of drug-likeness (QED) is 0.676. The van der Waals surface area contributed by atoms with E-state index in [1.54, 1.807) is 18.2 Å². The Bertz CT molecular complexity index is 425. The number of nitrogens with two attached hydrogens (primary N) is 1. The van der Waals surface area contributed by atoms with Gasteiger partial charge in [-0.25, -0.2) is 4.79 Å². The molecule has 0 bridgehead atoms. The molecule has 5 nitrogen and oxygen atoms in total. The van der Waals surface area contributed by atoms with Gasteiger partial charge in [0.05, 0.1) is 5.56 Å². The second-order valence-electron chi connectivity index (χ2n) is 3.11. The molecule has 0 saturated carbocycles. The fraction of sp³-hybridized carbons (Fsp3) is 0.200. The van der Waals surface area contributed by atoms with Crippen molar-refractivity contribution in [3.63, 3.8) is 0 Å². The van der Waals surface area contributed by atoms with Crippen molar-refractivity contribution >= 4 is 33.5 Å². The van der Waals surface area contributed by atoms with Gasteiger partial charge in [-0.1, -0.05) is 33.7 Å². The van der Waals surface area contributed by atoms with E-state index in [-0.39, 0.29) is 11.3 Å². The molecule has 0 aliphatic carbocycles. The summed E-state index contributed by atoms with van der Waals surface area (Å²) in [4.78, 5) is 21.9. The molecule has 0 aliphatic heterocycles. The summed E-state index contributed by atoms with van der Waals surface area (Å²) in [6, 6.07) is 5.60. The molecule has 0 spiro atoms. The van der Waals surface area contributed by atoms with Gasteiger partial charge in [0.15, 0.2) is 0 Å². The zero-order valence-electron chi connectivity index (χ0n) is 8.70. The maximum absolute atomic E-state index is 10.9. The first-order chi connectivity index (χ1) is 8.02. The first-order valence-corrected chi connectivity index (χ1v) is 6.94. The number of carboxylic acid groups (broad SMARTS) is 2. The van der Waals surface area contributed by atoms with Gasteiger partial charge < -0.3 is 15.9 Å². The molecule has 1 aromatic carbocycles. The van der Waals surface area contributed by atoms with Gasteiger partial charge in [-0.2, -0.15) is 0 Å². The number of aliphatic carboxylic acids is 1. The molecule has 1 rings (SSSR count). The first-order valence-electron chi connectivity index (χ1n) is 4.62. The van der Waals surface area contributed by atoms with Crippen LogP contribution in [0.5, 0.6) is 0 Å². The highest BCUT2D eigenvalue weighted by Gasteiger charge is 2.13. The molecule has 1 unspecified atom stereocenters. The summed E-state index contributed by atoms with van der Waals surface area (Å²) in [6.07, 6.45) is 0. The number of rotatable bonds is 6. The van der Waals surface area contributed by atoms with E-state index in [1.165, 1.54) is 27.7 Å². The Kier molecular flexibility index (Phi) is 5.33. The lowest BCUT2D eigenvalue weighted by Crippen LogP contribution is -2.32. The Morgan fingerprint density at radius 3 is 2.53 bits per heavy atom. The van der Waals surface area contributed by atoms with Crippen LogP contribution in [-0.4, -0.2) is 33.9 Å². The molecule has 0 saturated heterocycles. The van der Waals surface area contributed by atoms with E-state index in [0.717, 1.165) is 0 Å². The van der Waals surface area contributed by atoms with E-state index in [2.05, 4.69) is 0 Å². The topological polar surface area (TPSA) is 101 Å². The molecule has 4 N–H and O–H groups in total. The van der Waals surface area contributed by atoms with Crippen LogP contribution in [0.25, 0.3) is 0 Å². The summed E-state index contributed by atoms with van der Waals surface area (Å²) in [7, 11) is 2.44. The number of aromatic carboxylic acids is 1. The predicted molar refractivity (Wildman–Crippen MR) is 67.3 cm³/mol. The Balaban J connectivity index is 2.58. The van der Waals surface area contributed by atoms with Crippen molar-refractivity contribution in [1.29, 1.82) is 0 Å². The Morgan fingerprint density at radius 1 is 1.29 bits per heavy atom. The van der Waals surface area contributed by atoms with Crippen molar-refractivity contribution < 1.29 is 19.8 Å². The minimum atomic E-state index is -1.07. The van der Waals surface area contributed by atoms with Gasteiger partial charge in [-0.05, 0) is 12.1 Å². The number of hydrogen-bond acceptors (Lipinski definition) is 5. The molecular weight excluding hydrogens is 262 g/mol. The van der Waals surface area contributed by atoms with Crippen LogP contribution in [0.1, 0.15) is 10.4 Å². The van der Waals surface area contributed by atoms with Gasteiger partial charge in [0.2, 0.25) is 0 Å².